The third kappa shape index (κ3) is 8.93. The lowest BCUT2D eigenvalue weighted by atomic mass is 10.5. The summed E-state index contributed by atoms with van der Waals surface area (Å²) >= 11 is 0. The lowest BCUT2D eigenvalue weighted by Crippen LogP contribution is -2.22. The van der Waals surface area contributed by atoms with Crippen molar-refractivity contribution in [2.75, 3.05) is 19.8 Å². The van der Waals surface area contributed by atoms with E-state index in [2.05, 4.69) is 0 Å². The summed E-state index contributed by atoms with van der Waals surface area (Å²) in [5, 5.41) is 24.9. The van der Waals surface area contributed by atoms with Gasteiger partial charge in [0.1, 0.15) is 0 Å². The monoisotopic (exact) mass is 223 g/mol. The molecule has 0 N–H and O–H groups in total. The Morgan fingerprint density at radius 3 is 1.25 bits per heavy atom. The van der Waals surface area contributed by atoms with E-state index in [0.29, 0.717) is 0 Å². The zero-order chi connectivity index (χ0) is 12.1. The van der Waals surface area contributed by atoms with Crippen LogP contribution in [0.25, 0.3) is 0 Å². The fourth-order valence-electron chi connectivity index (χ4n) is 0.747. The second-order valence-electron chi connectivity index (χ2n) is 2.63. The highest BCUT2D eigenvalue weighted by Gasteiger charge is 2.09. The lowest BCUT2D eigenvalue weighted by molar-refractivity contribution is -0.286. The Bertz CT molecular complexity index is 240. The van der Waals surface area contributed by atoms with Crippen molar-refractivity contribution in [2.24, 2.45) is 0 Å². The number of ether oxygens (including phenoxy) is 3. The van der Waals surface area contributed by atoms with Crippen LogP contribution >= 0.6 is 0 Å². The minimum absolute atomic E-state index is 0.195. The molecule has 0 fully saturated rings. The molecule has 6 nitrogen and oxygen atoms in total. The molecule has 6 heteroatoms. The Kier molecular flexibility index (Phi) is 10.2. The Hall–Kier alpha value is -1.65. The fourth-order valence-corrected chi connectivity index (χ4v) is 0.747. The molecule has 0 unspecified atom stereocenters. The van der Waals surface area contributed by atoms with Crippen LogP contribution in [0.1, 0.15) is 19.3 Å². The molecule has 0 aliphatic heterocycles. The first-order valence-electron chi connectivity index (χ1n) is 4.80. The minimum Gasteiger partial charge on any atom is -0.329 e. The van der Waals surface area contributed by atoms with Crippen molar-refractivity contribution in [3.05, 3.63) is 0 Å². The van der Waals surface area contributed by atoms with Gasteiger partial charge in [-0.15, -0.1) is 0 Å². The van der Waals surface area contributed by atoms with Crippen molar-refractivity contribution in [1.82, 2.24) is 0 Å². The Morgan fingerprint density at radius 1 is 0.688 bits per heavy atom. The third-order valence-corrected chi connectivity index (χ3v) is 1.40. The van der Waals surface area contributed by atoms with Crippen molar-refractivity contribution in [3.8, 4) is 18.2 Å². The number of nitrogens with zero attached hydrogens (tertiary/aromatic N) is 3. The van der Waals surface area contributed by atoms with Gasteiger partial charge in [0.25, 0.3) is 6.48 Å². The van der Waals surface area contributed by atoms with E-state index < -0.39 is 6.48 Å². The van der Waals surface area contributed by atoms with E-state index in [9.17, 15) is 0 Å². The molecule has 0 amide bonds. The van der Waals surface area contributed by atoms with Gasteiger partial charge < -0.3 is 14.2 Å². The summed E-state index contributed by atoms with van der Waals surface area (Å²) in [5.74, 6) is 0. The highest BCUT2D eigenvalue weighted by atomic mass is 16.8. The average Bonchev–Trinajstić information content (AvgIpc) is 2.29. The zero-order valence-electron chi connectivity index (χ0n) is 8.89. The van der Waals surface area contributed by atoms with Crippen LogP contribution in [-0.2, 0) is 14.2 Å². The van der Waals surface area contributed by atoms with Crippen LogP contribution in [0.3, 0.4) is 0 Å². The third-order valence-electron chi connectivity index (χ3n) is 1.40. The van der Waals surface area contributed by atoms with Gasteiger partial charge in [-0.05, 0) is 0 Å². The largest absolute Gasteiger partial charge is 0.329 e. The number of rotatable bonds is 9. The SMILES string of the molecule is N#CCCOC(OCCC#N)OCCC#N. The van der Waals surface area contributed by atoms with Gasteiger partial charge in [-0.3, -0.25) is 0 Å². The molecular weight excluding hydrogens is 210 g/mol. The molecule has 0 aliphatic rings. The molecule has 86 valence electrons. The Morgan fingerprint density at radius 2 is 1.00 bits per heavy atom. The van der Waals surface area contributed by atoms with Gasteiger partial charge in [-0.25, -0.2) is 0 Å². The second-order valence-corrected chi connectivity index (χ2v) is 2.63. The van der Waals surface area contributed by atoms with Gasteiger partial charge >= 0.3 is 0 Å². The molecule has 0 heterocycles. The Labute approximate surface area is 94.5 Å². The summed E-state index contributed by atoms with van der Waals surface area (Å²) in [5.41, 5.74) is 0. The molecule has 0 saturated carbocycles. The van der Waals surface area contributed by atoms with Crippen molar-refractivity contribution in [2.45, 2.75) is 25.7 Å². The lowest BCUT2D eigenvalue weighted by Gasteiger charge is -2.16. The summed E-state index contributed by atoms with van der Waals surface area (Å²) in [7, 11) is 0. The smallest absolute Gasteiger partial charge is 0.271 e. The van der Waals surface area contributed by atoms with Crippen LogP contribution in [0.2, 0.25) is 0 Å². The maximum Gasteiger partial charge on any atom is 0.271 e. The summed E-state index contributed by atoms with van der Waals surface area (Å²) in [4.78, 5) is 0. The first kappa shape index (κ1) is 14.3. The molecule has 0 aromatic heterocycles. The Balaban J connectivity index is 3.73. The van der Waals surface area contributed by atoms with Crippen LogP contribution in [0.15, 0.2) is 0 Å². The summed E-state index contributed by atoms with van der Waals surface area (Å²) in [6.45, 7) is -0.323. The second kappa shape index (κ2) is 11.4. The number of nitriles is 3. The van der Waals surface area contributed by atoms with Crippen LogP contribution in [0, 0.1) is 34.0 Å². The molecule has 0 aromatic rings. The van der Waals surface area contributed by atoms with Crippen molar-refractivity contribution in [1.29, 1.82) is 15.8 Å². The summed E-state index contributed by atoms with van der Waals surface area (Å²) in [6.07, 6.45) is 0.707. The van der Waals surface area contributed by atoms with E-state index in [4.69, 9.17) is 30.0 Å². The average molecular weight is 223 g/mol. The fraction of sp³-hybridized carbons (Fsp3) is 0.700. The molecule has 0 spiro atoms. The summed E-state index contributed by atoms with van der Waals surface area (Å²) < 4.78 is 15.3. The minimum atomic E-state index is -0.907. The van der Waals surface area contributed by atoms with Crippen LogP contribution in [0.5, 0.6) is 0 Å². The van der Waals surface area contributed by atoms with Gasteiger partial charge in [0.2, 0.25) is 0 Å². The van der Waals surface area contributed by atoms with Gasteiger partial charge in [0.05, 0.1) is 57.3 Å². The molecular formula is C10H13N3O3. The van der Waals surface area contributed by atoms with Crippen molar-refractivity contribution >= 4 is 0 Å². The van der Waals surface area contributed by atoms with E-state index in [1.165, 1.54) is 0 Å². The molecule has 0 aliphatic carbocycles. The predicted molar refractivity (Wildman–Crippen MR) is 52.3 cm³/mol. The normalized spacial score (nSPS) is 9.38. The molecule has 0 saturated heterocycles. The quantitative estimate of drug-likeness (QED) is 0.428. The van der Waals surface area contributed by atoms with Gasteiger partial charge in [0.15, 0.2) is 0 Å². The maximum atomic E-state index is 8.31. The molecule has 0 bridgehead atoms. The molecule has 0 aromatic carbocycles. The zero-order valence-corrected chi connectivity index (χ0v) is 8.89. The predicted octanol–water partition coefficient (Wildman–Crippen LogP) is 1.06. The number of hydrogen-bond donors (Lipinski definition) is 0. The maximum absolute atomic E-state index is 8.31. The standard InChI is InChI=1S/C10H13N3O3/c11-4-1-7-14-10(15-8-2-5-12)16-9-3-6-13/h10H,1-3,7-9H2. The van der Waals surface area contributed by atoms with Crippen LogP contribution in [-0.4, -0.2) is 26.3 Å². The van der Waals surface area contributed by atoms with Gasteiger partial charge in [-0.1, -0.05) is 0 Å². The van der Waals surface area contributed by atoms with Crippen molar-refractivity contribution in [3.63, 3.8) is 0 Å². The van der Waals surface area contributed by atoms with Crippen LogP contribution < -0.4 is 0 Å². The number of hydrogen-bond acceptors (Lipinski definition) is 6. The van der Waals surface area contributed by atoms with E-state index in [1.807, 2.05) is 18.2 Å². The molecule has 0 atom stereocenters. The molecule has 16 heavy (non-hydrogen) atoms. The summed E-state index contributed by atoms with van der Waals surface area (Å²) in [6, 6.07) is 5.75. The highest BCUT2D eigenvalue weighted by molar-refractivity contribution is 4.69. The highest BCUT2D eigenvalue weighted by Crippen LogP contribution is 2.00. The van der Waals surface area contributed by atoms with Crippen molar-refractivity contribution < 1.29 is 14.2 Å². The van der Waals surface area contributed by atoms with E-state index in [1.54, 1.807) is 0 Å². The molecule has 0 rings (SSSR count). The first-order valence-corrected chi connectivity index (χ1v) is 4.80. The van der Waals surface area contributed by atoms with Gasteiger partial charge in [-0.2, -0.15) is 15.8 Å². The molecule has 0 radical (unpaired) electrons. The van der Waals surface area contributed by atoms with Crippen LogP contribution in [0.4, 0.5) is 0 Å². The first-order chi connectivity index (χ1) is 7.85. The van der Waals surface area contributed by atoms with E-state index >= 15 is 0 Å². The van der Waals surface area contributed by atoms with Gasteiger partial charge in [0, 0.05) is 0 Å². The topological polar surface area (TPSA) is 99.1 Å². The van der Waals surface area contributed by atoms with E-state index in [-0.39, 0.29) is 39.1 Å². The van der Waals surface area contributed by atoms with E-state index in [0.717, 1.165) is 0 Å².